The second-order valence-electron chi connectivity index (χ2n) is 6.01. The highest BCUT2D eigenvalue weighted by molar-refractivity contribution is 7.89. The molecule has 2 rings (SSSR count). The largest absolute Gasteiger partial charge is 0.492 e. The summed E-state index contributed by atoms with van der Waals surface area (Å²) in [7, 11) is -6.18. The second-order valence-corrected chi connectivity index (χ2v) is 9.62. The Morgan fingerprint density at radius 1 is 0.923 bits per heavy atom. The van der Waals surface area contributed by atoms with Gasteiger partial charge in [0.15, 0.2) is 0 Å². The van der Waals surface area contributed by atoms with Crippen LogP contribution in [0.3, 0.4) is 0 Å². The Kier molecular flexibility index (Phi) is 6.07. The average molecular weight is 399 g/mol. The molecule has 0 aliphatic rings. The first-order valence-corrected chi connectivity index (χ1v) is 10.8. The predicted octanol–water partition coefficient (Wildman–Crippen LogP) is 1.65. The van der Waals surface area contributed by atoms with Crippen molar-refractivity contribution in [3.8, 4) is 5.75 Å². The minimum absolute atomic E-state index is 0.0150. The van der Waals surface area contributed by atoms with Gasteiger partial charge in [0.05, 0.1) is 9.79 Å². The van der Waals surface area contributed by atoms with E-state index in [1.54, 1.807) is 0 Å². The van der Waals surface area contributed by atoms with Gasteiger partial charge in [-0.2, -0.15) is 4.31 Å². The van der Waals surface area contributed by atoms with E-state index in [0.717, 1.165) is 15.4 Å². The molecule has 0 saturated carbocycles. The molecule has 0 aliphatic carbocycles. The number of benzene rings is 2. The number of nitrogens with zero attached hydrogens (tertiary/aromatic N) is 1. The number of likely N-dealkylation sites (N-methyl/N-ethyl adjacent to an activating group) is 1. The van der Waals surface area contributed by atoms with Gasteiger partial charge in [0.25, 0.3) is 0 Å². The van der Waals surface area contributed by atoms with Gasteiger partial charge in [-0.3, -0.25) is 0 Å². The van der Waals surface area contributed by atoms with Crippen LogP contribution < -0.4 is 9.88 Å². The zero-order chi connectivity index (χ0) is 19.5. The lowest BCUT2D eigenvalue weighted by Gasteiger charge is -2.18. The molecule has 0 aliphatic heterocycles. The summed E-state index contributed by atoms with van der Waals surface area (Å²) in [5, 5.41) is 5.01. The van der Waals surface area contributed by atoms with Gasteiger partial charge in [0, 0.05) is 13.6 Å². The van der Waals surface area contributed by atoms with Crippen molar-refractivity contribution < 1.29 is 21.6 Å². The molecular formula is C17H22N2O5S2. The molecule has 0 spiro atoms. The Hall–Kier alpha value is -1.94. The molecule has 0 unspecified atom stereocenters. The van der Waals surface area contributed by atoms with Crippen LogP contribution in [0.2, 0.25) is 0 Å². The van der Waals surface area contributed by atoms with Crippen molar-refractivity contribution in [2.24, 2.45) is 5.14 Å². The number of rotatable bonds is 7. The Balaban J connectivity index is 2.04. The second kappa shape index (κ2) is 7.75. The maximum atomic E-state index is 12.5. The lowest BCUT2D eigenvalue weighted by molar-refractivity contribution is 0.286. The fraction of sp³-hybridized carbons (Fsp3) is 0.294. The molecular weight excluding hydrogens is 376 g/mol. The van der Waals surface area contributed by atoms with Crippen LogP contribution in [-0.2, 0) is 20.0 Å². The lowest BCUT2D eigenvalue weighted by Crippen LogP contribution is -2.31. The van der Waals surface area contributed by atoms with E-state index in [4.69, 9.17) is 9.88 Å². The van der Waals surface area contributed by atoms with Gasteiger partial charge in [0.2, 0.25) is 20.0 Å². The molecule has 0 radical (unpaired) electrons. The molecule has 142 valence electrons. The van der Waals surface area contributed by atoms with E-state index >= 15 is 0 Å². The van der Waals surface area contributed by atoms with Crippen LogP contribution in [0.5, 0.6) is 5.75 Å². The summed E-state index contributed by atoms with van der Waals surface area (Å²) in [4.78, 5) is -0.156. The average Bonchev–Trinajstić information content (AvgIpc) is 2.53. The van der Waals surface area contributed by atoms with E-state index in [-0.39, 0.29) is 22.9 Å². The third-order valence-electron chi connectivity index (χ3n) is 3.73. The number of aryl methyl sites for hydroxylation is 2. The standard InChI is InChI=1S/C17H22N2O5S2/c1-13-10-14(2)12-15(11-13)24-9-8-19(3)26(22,23)17-6-4-16(5-7-17)25(18,20)21/h4-7,10-12H,8-9H2,1-3H3,(H2,18,20,21). The van der Waals surface area contributed by atoms with Gasteiger partial charge in [0.1, 0.15) is 12.4 Å². The maximum Gasteiger partial charge on any atom is 0.242 e. The van der Waals surface area contributed by atoms with Crippen molar-refractivity contribution >= 4 is 20.0 Å². The summed E-state index contributed by atoms with van der Waals surface area (Å²) in [6, 6.07) is 10.6. The van der Waals surface area contributed by atoms with E-state index < -0.39 is 20.0 Å². The lowest BCUT2D eigenvalue weighted by atomic mass is 10.1. The minimum atomic E-state index is -3.87. The molecule has 0 amide bonds. The molecule has 0 fully saturated rings. The highest BCUT2D eigenvalue weighted by Crippen LogP contribution is 2.18. The zero-order valence-corrected chi connectivity index (χ0v) is 16.5. The Bertz CT molecular complexity index is 964. The maximum absolute atomic E-state index is 12.5. The van der Waals surface area contributed by atoms with Crippen LogP contribution in [0.25, 0.3) is 0 Å². The Morgan fingerprint density at radius 2 is 1.42 bits per heavy atom. The molecule has 2 aromatic rings. The van der Waals surface area contributed by atoms with Crippen LogP contribution in [0.4, 0.5) is 0 Å². The van der Waals surface area contributed by atoms with Crippen molar-refractivity contribution in [1.29, 1.82) is 0 Å². The van der Waals surface area contributed by atoms with Crippen molar-refractivity contribution in [1.82, 2.24) is 4.31 Å². The number of ether oxygens (including phenoxy) is 1. The Morgan fingerprint density at radius 3 is 1.92 bits per heavy atom. The van der Waals surface area contributed by atoms with Crippen LogP contribution in [0, 0.1) is 13.8 Å². The van der Waals surface area contributed by atoms with E-state index in [0.29, 0.717) is 5.75 Å². The van der Waals surface area contributed by atoms with Crippen molar-refractivity contribution in [2.75, 3.05) is 20.2 Å². The minimum Gasteiger partial charge on any atom is -0.492 e. The first-order chi connectivity index (χ1) is 12.0. The third kappa shape index (κ3) is 5.04. The molecule has 26 heavy (non-hydrogen) atoms. The van der Waals surface area contributed by atoms with Crippen LogP contribution in [0.1, 0.15) is 11.1 Å². The molecule has 7 nitrogen and oxygen atoms in total. The summed E-state index contributed by atoms with van der Waals surface area (Å²) < 4.78 is 54.4. The van der Waals surface area contributed by atoms with Gasteiger partial charge < -0.3 is 4.74 Å². The number of primary sulfonamides is 1. The van der Waals surface area contributed by atoms with Crippen LogP contribution >= 0.6 is 0 Å². The monoisotopic (exact) mass is 398 g/mol. The molecule has 2 N–H and O–H groups in total. The van der Waals surface area contributed by atoms with Gasteiger partial charge in [-0.05, 0) is 61.4 Å². The Labute approximate surface area is 154 Å². The molecule has 0 bridgehead atoms. The highest BCUT2D eigenvalue weighted by atomic mass is 32.2. The SMILES string of the molecule is Cc1cc(C)cc(OCCN(C)S(=O)(=O)c2ccc(S(N)(=O)=O)cc2)c1. The summed E-state index contributed by atoms with van der Waals surface area (Å²) >= 11 is 0. The van der Waals surface area contributed by atoms with Gasteiger partial charge in [-0.15, -0.1) is 0 Å². The van der Waals surface area contributed by atoms with E-state index in [2.05, 4.69) is 0 Å². The van der Waals surface area contributed by atoms with Crippen molar-refractivity contribution in [3.05, 3.63) is 53.6 Å². The molecule has 0 aromatic heterocycles. The molecule has 0 atom stereocenters. The van der Waals surface area contributed by atoms with Gasteiger partial charge in [-0.1, -0.05) is 6.07 Å². The summed E-state index contributed by atoms with van der Waals surface area (Å²) in [5.74, 6) is 0.686. The van der Waals surface area contributed by atoms with E-state index in [1.165, 1.54) is 31.3 Å². The van der Waals surface area contributed by atoms with E-state index in [9.17, 15) is 16.8 Å². The first-order valence-electron chi connectivity index (χ1n) is 7.80. The summed E-state index contributed by atoms with van der Waals surface area (Å²) in [6.45, 7) is 4.25. The number of hydrogen-bond donors (Lipinski definition) is 1. The number of nitrogens with two attached hydrogens (primary N) is 1. The summed E-state index contributed by atoms with van der Waals surface area (Å²) in [6.07, 6.45) is 0. The predicted molar refractivity (Wildman–Crippen MR) is 99.0 cm³/mol. The molecule has 2 aromatic carbocycles. The molecule has 0 heterocycles. The quantitative estimate of drug-likeness (QED) is 0.763. The van der Waals surface area contributed by atoms with Gasteiger partial charge >= 0.3 is 0 Å². The van der Waals surface area contributed by atoms with Gasteiger partial charge in [-0.25, -0.2) is 22.0 Å². The van der Waals surface area contributed by atoms with Crippen molar-refractivity contribution in [2.45, 2.75) is 23.6 Å². The number of hydrogen-bond acceptors (Lipinski definition) is 5. The smallest absolute Gasteiger partial charge is 0.242 e. The van der Waals surface area contributed by atoms with E-state index in [1.807, 2.05) is 32.0 Å². The highest BCUT2D eigenvalue weighted by Gasteiger charge is 2.21. The molecule has 0 saturated heterocycles. The fourth-order valence-corrected chi connectivity index (χ4v) is 4.08. The van der Waals surface area contributed by atoms with Crippen LogP contribution in [0.15, 0.2) is 52.3 Å². The normalized spacial score (nSPS) is 12.3. The molecule has 9 heteroatoms. The topological polar surface area (TPSA) is 107 Å². The van der Waals surface area contributed by atoms with Crippen LogP contribution in [-0.4, -0.2) is 41.3 Å². The first kappa shape index (κ1) is 20.4. The summed E-state index contributed by atoms with van der Waals surface area (Å²) in [5.41, 5.74) is 2.13. The third-order valence-corrected chi connectivity index (χ3v) is 6.53. The zero-order valence-electron chi connectivity index (χ0n) is 14.8. The van der Waals surface area contributed by atoms with Crippen molar-refractivity contribution in [3.63, 3.8) is 0 Å². The number of sulfonamides is 2. The fourth-order valence-electron chi connectivity index (χ4n) is 2.41.